The molecule has 0 aliphatic heterocycles. The van der Waals surface area contributed by atoms with Crippen LogP contribution >= 0.6 is 11.6 Å². The number of phenols is 1. The van der Waals surface area contributed by atoms with Crippen LogP contribution in [0.5, 0.6) is 11.5 Å². The highest BCUT2D eigenvalue weighted by molar-refractivity contribution is 6.30. The van der Waals surface area contributed by atoms with Crippen molar-refractivity contribution in [1.82, 2.24) is 0 Å². The van der Waals surface area contributed by atoms with Crippen LogP contribution in [-0.4, -0.2) is 17.7 Å². The Hall–Kier alpha value is -2.20. The molecule has 0 spiro atoms. The monoisotopic (exact) mass is 305 g/mol. The maximum atomic E-state index is 12.2. The van der Waals surface area contributed by atoms with Crippen LogP contribution in [0.25, 0.3) is 0 Å². The second-order valence-electron chi connectivity index (χ2n) is 4.56. The summed E-state index contributed by atoms with van der Waals surface area (Å²) in [5.41, 5.74) is 1.57. The molecule has 110 valence electrons. The van der Waals surface area contributed by atoms with Gasteiger partial charge in [0, 0.05) is 17.3 Å². The summed E-state index contributed by atoms with van der Waals surface area (Å²) in [7, 11) is 0. The molecule has 1 amide bonds. The first-order valence-corrected chi connectivity index (χ1v) is 6.93. The molecular weight excluding hydrogens is 290 g/mol. The van der Waals surface area contributed by atoms with Gasteiger partial charge in [-0.15, -0.1) is 0 Å². The third kappa shape index (κ3) is 3.67. The van der Waals surface area contributed by atoms with Gasteiger partial charge in [-0.3, -0.25) is 4.90 Å². The average molecular weight is 306 g/mol. The number of carbonyl (C=O) groups is 1. The molecule has 0 radical (unpaired) electrons. The molecule has 0 atom stereocenters. The van der Waals surface area contributed by atoms with Crippen molar-refractivity contribution in [2.24, 2.45) is 0 Å². The quantitative estimate of drug-likeness (QED) is 0.915. The minimum absolute atomic E-state index is 0.0597. The van der Waals surface area contributed by atoms with E-state index in [0.717, 1.165) is 5.56 Å². The van der Waals surface area contributed by atoms with Crippen LogP contribution in [0.4, 0.5) is 10.5 Å². The van der Waals surface area contributed by atoms with Crippen molar-refractivity contribution in [1.29, 1.82) is 0 Å². The highest BCUT2D eigenvalue weighted by Gasteiger charge is 2.17. The third-order valence-corrected chi connectivity index (χ3v) is 3.24. The van der Waals surface area contributed by atoms with Crippen molar-refractivity contribution < 1.29 is 14.6 Å². The zero-order valence-corrected chi connectivity index (χ0v) is 12.6. The molecule has 0 aromatic heterocycles. The Labute approximate surface area is 128 Å². The van der Waals surface area contributed by atoms with Gasteiger partial charge in [0.15, 0.2) is 11.5 Å². The number of carbonyl (C=O) groups excluding carboxylic acids is 1. The van der Waals surface area contributed by atoms with Crippen LogP contribution in [0.2, 0.25) is 5.02 Å². The molecule has 1 N–H and O–H groups in total. The molecule has 0 bridgehead atoms. The van der Waals surface area contributed by atoms with Gasteiger partial charge in [-0.2, -0.15) is 0 Å². The average Bonchev–Trinajstić information content (AvgIpc) is 2.45. The molecule has 0 unspecified atom stereocenters. The van der Waals surface area contributed by atoms with E-state index in [9.17, 15) is 9.90 Å². The van der Waals surface area contributed by atoms with E-state index in [-0.39, 0.29) is 11.5 Å². The normalized spacial score (nSPS) is 10.2. The molecule has 5 heteroatoms. The topological polar surface area (TPSA) is 49.8 Å². The van der Waals surface area contributed by atoms with Crippen molar-refractivity contribution >= 4 is 23.4 Å². The van der Waals surface area contributed by atoms with Crippen molar-refractivity contribution in [3.8, 4) is 11.5 Å². The van der Waals surface area contributed by atoms with Gasteiger partial charge in [-0.1, -0.05) is 17.7 Å². The second-order valence-corrected chi connectivity index (χ2v) is 5.00. The van der Waals surface area contributed by atoms with Gasteiger partial charge >= 0.3 is 6.09 Å². The van der Waals surface area contributed by atoms with Gasteiger partial charge in [-0.25, -0.2) is 4.79 Å². The van der Waals surface area contributed by atoms with Gasteiger partial charge < -0.3 is 9.84 Å². The van der Waals surface area contributed by atoms with E-state index in [0.29, 0.717) is 17.3 Å². The first-order chi connectivity index (χ1) is 10.0. The highest BCUT2D eigenvalue weighted by atomic mass is 35.5. The lowest BCUT2D eigenvalue weighted by Crippen LogP contribution is -2.33. The summed E-state index contributed by atoms with van der Waals surface area (Å²) in [5, 5.41) is 10.4. The lowest BCUT2D eigenvalue weighted by molar-refractivity contribution is 0.206. The highest BCUT2D eigenvalue weighted by Crippen LogP contribution is 2.28. The number of hydrogen-bond acceptors (Lipinski definition) is 3. The summed E-state index contributed by atoms with van der Waals surface area (Å²) in [6.45, 7) is 4.12. The lowest BCUT2D eigenvalue weighted by Gasteiger charge is -2.20. The van der Waals surface area contributed by atoms with E-state index in [2.05, 4.69) is 0 Å². The third-order valence-electron chi connectivity index (χ3n) is 2.99. The van der Waals surface area contributed by atoms with Crippen molar-refractivity contribution in [2.45, 2.75) is 13.8 Å². The van der Waals surface area contributed by atoms with E-state index >= 15 is 0 Å². The Balaban J connectivity index is 2.18. The first-order valence-electron chi connectivity index (χ1n) is 6.55. The smallest absolute Gasteiger partial charge is 0.419 e. The number of nitrogens with zero attached hydrogens (tertiary/aromatic N) is 1. The van der Waals surface area contributed by atoms with Crippen molar-refractivity contribution in [2.75, 3.05) is 11.4 Å². The van der Waals surface area contributed by atoms with Gasteiger partial charge in [0.2, 0.25) is 0 Å². The number of amides is 1. The van der Waals surface area contributed by atoms with E-state index in [1.54, 1.807) is 42.5 Å². The number of aryl methyl sites for hydroxylation is 1. The second kappa shape index (κ2) is 6.50. The summed E-state index contributed by atoms with van der Waals surface area (Å²) < 4.78 is 5.24. The first kappa shape index (κ1) is 15.2. The fourth-order valence-electron chi connectivity index (χ4n) is 1.90. The molecule has 0 saturated heterocycles. The van der Waals surface area contributed by atoms with E-state index in [1.165, 1.54) is 4.90 Å². The van der Waals surface area contributed by atoms with Crippen LogP contribution in [0.1, 0.15) is 12.5 Å². The molecule has 2 aromatic rings. The van der Waals surface area contributed by atoms with E-state index < -0.39 is 6.09 Å². The number of benzene rings is 2. The zero-order chi connectivity index (χ0) is 15.4. The molecule has 21 heavy (non-hydrogen) atoms. The van der Waals surface area contributed by atoms with E-state index in [4.69, 9.17) is 16.3 Å². The Kier molecular flexibility index (Phi) is 4.70. The summed E-state index contributed by atoms with van der Waals surface area (Å²) in [6.07, 6.45) is -0.557. The van der Waals surface area contributed by atoms with Crippen molar-refractivity contribution in [3.05, 3.63) is 53.1 Å². The number of anilines is 1. The largest absolute Gasteiger partial charge is 0.504 e. The number of phenolic OH excluding ortho intramolecular Hbond substituents is 1. The van der Waals surface area contributed by atoms with Gasteiger partial charge in [0.05, 0.1) is 0 Å². The Bertz CT molecular complexity index is 640. The molecule has 0 aliphatic rings. The summed E-state index contributed by atoms with van der Waals surface area (Å²) >= 11 is 5.84. The van der Waals surface area contributed by atoms with E-state index in [1.807, 2.05) is 13.8 Å². The predicted octanol–water partition coefficient (Wildman–Crippen LogP) is 4.38. The van der Waals surface area contributed by atoms with Crippen LogP contribution in [0, 0.1) is 6.92 Å². The summed E-state index contributed by atoms with van der Waals surface area (Å²) in [6, 6.07) is 11.8. The minimum Gasteiger partial charge on any atom is -0.504 e. The lowest BCUT2D eigenvalue weighted by atomic mass is 10.2. The van der Waals surface area contributed by atoms with Crippen molar-refractivity contribution in [3.63, 3.8) is 0 Å². The Morgan fingerprint density at radius 2 is 1.90 bits per heavy atom. The Morgan fingerprint density at radius 3 is 2.48 bits per heavy atom. The molecule has 0 heterocycles. The number of aromatic hydroxyl groups is 1. The standard InChI is InChI=1S/C16H16ClNO3/c1-3-18(13-7-5-12(17)6-8-13)16(20)21-15-9-4-11(2)10-14(15)19/h4-10,19H,3H2,1-2H3. The maximum Gasteiger partial charge on any atom is 0.419 e. The number of rotatable bonds is 3. The van der Waals surface area contributed by atoms with Crippen LogP contribution in [0.3, 0.4) is 0 Å². The molecule has 0 aliphatic carbocycles. The van der Waals surface area contributed by atoms with Crippen LogP contribution in [-0.2, 0) is 0 Å². The number of ether oxygens (including phenoxy) is 1. The van der Waals surface area contributed by atoms with Crippen LogP contribution < -0.4 is 9.64 Å². The predicted molar refractivity (Wildman–Crippen MR) is 83.3 cm³/mol. The SMILES string of the molecule is CCN(C(=O)Oc1ccc(C)cc1O)c1ccc(Cl)cc1. The summed E-state index contributed by atoms with van der Waals surface area (Å²) in [5.74, 6) is 0.0773. The zero-order valence-electron chi connectivity index (χ0n) is 11.8. The molecule has 0 fully saturated rings. The fourth-order valence-corrected chi connectivity index (χ4v) is 2.03. The molecule has 2 aromatic carbocycles. The molecule has 0 saturated carbocycles. The summed E-state index contributed by atoms with van der Waals surface area (Å²) in [4.78, 5) is 13.7. The molecule has 4 nitrogen and oxygen atoms in total. The molecular formula is C16H16ClNO3. The molecule has 2 rings (SSSR count). The van der Waals surface area contributed by atoms with Crippen LogP contribution in [0.15, 0.2) is 42.5 Å². The van der Waals surface area contributed by atoms with Gasteiger partial charge in [0.1, 0.15) is 0 Å². The number of halogens is 1. The fraction of sp³-hybridized carbons (Fsp3) is 0.188. The minimum atomic E-state index is -0.557. The maximum absolute atomic E-state index is 12.2. The number of hydrogen-bond donors (Lipinski definition) is 1. The van der Waals surface area contributed by atoms with Gasteiger partial charge in [-0.05, 0) is 55.8 Å². The Morgan fingerprint density at radius 1 is 1.24 bits per heavy atom. The van der Waals surface area contributed by atoms with Gasteiger partial charge in [0.25, 0.3) is 0 Å².